The lowest BCUT2D eigenvalue weighted by molar-refractivity contribution is 0.0560. The van der Waals surface area contributed by atoms with Crippen molar-refractivity contribution in [1.82, 2.24) is 4.98 Å². The molecule has 2 atom stereocenters. The van der Waals surface area contributed by atoms with E-state index in [0.29, 0.717) is 17.3 Å². The molecule has 0 radical (unpaired) electrons. The summed E-state index contributed by atoms with van der Waals surface area (Å²) in [7, 11) is 0. The number of hydrogen-bond acceptors (Lipinski definition) is 4. The van der Waals surface area contributed by atoms with Crippen LogP contribution in [-0.2, 0) is 0 Å². The Kier molecular flexibility index (Phi) is 3.28. The van der Waals surface area contributed by atoms with Gasteiger partial charge in [-0.15, -0.1) is 0 Å². The predicted molar refractivity (Wildman–Crippen MR) is 73.0 cm³/mol. The molecule has 1 aliphatic carbocycles. The van der Waals surface area contributed by atoms with Gasteiger partial charge in [0, 0.05) is 5.39 Å². The molecule has 1 aliphatic rings. The van der Waals surface area contributed by atoms with E-state index in [1.165, 1.54) is 6.20 Å². The summed E-state index contributed by atoms with van der Waals surface area (Å²) >= 11 is 0. The van der Waals surface area contributed by atoms with E-state index in [1.54, 1.807) is 18.2 Å². The van der Waals surface area contributed by atoms with Crippen molar-refractivity contribution >= 4 is 16.9 Å². The predicted octanol–water partition coefficient (Wildman–Crippen LogP) is 2.23. The van der Waals surface area contributed by atoms with Crippen molar-refractivity contribution in [3.8, 4) is 5.75 Å². The highest BCUT2D eigenvalue weighted by Gasteiger charge is 2.29. The van der Waals surface area contributed by atoms with Crippen molar-refractivity contribution in [2.75, 3.05) is 0 Å². The van der Waals surface area contributed by atoms with Crippen molar-refractivity contribution in [2.24, 2.45) is 0 Å². The molecule has 104 valence electrons. The first-order chi connectivity index (χ1) is 9.66. The first-order valence-corrected chi connectivity index (χ1v) is 6.62. The summed E-state index contributed by atoms with van der Waals surface area (Å²) in [5, 5.41) is 19.8. The Balaban J connectivity index is 2.06. The van der Waals surface area contributed by atoms with Crippen LogP contribution in [0.2, 0.25) is 0 Å². The van der Waals surface area contributed by atoms with Gasteiger partial charge in [-0.3, -0.25) is 4.98 Å². The molecule has 20 heavy (non-hydrogen) atoms. The molecular formula is C15H15NO4. The zero-order valence-corrected chi connectivity index (χ0v) is 10.8. The molecule has 5 nitrogen and oxygen atoms in total. The number of nitrogens with zero attached hydrogens (tertiary/aromatic N) is 1. The number of carboxylic acid groups (broad SMARTS) is 1. The van der Waals surface area contributed by atoms with Gasteiger partial charge >= 0.3 is 5.97 Å². The van der Waals surface area contributed by atoms with Crippen molar-refractivity contribution in [3.05, 3.63) is 36.0 Å². The molecule has 0 bridgehead atoms. The standard InChI is InChI=1S/C15H15NO4/c17-11-6-3-7-12(11)20-13-8-16-10-5-2-1-4-9(10)14(13)15(18)19/h1-2,4-5,8,11-12,17H,3,6-7H2,(H,18,19). The zero-order chi connectivity index (χ0) is 14.1. The Morgan fingerprint density at radius 1 is 1.30 bits per heavy atom. The van der Waals surface area contributed by atoms with Crippen LogP contribution in [0, 0.1) is 0 Å². The average molecular weight is 273 g/mol. The normalized spacial score (nSPS) is 22.1. The van der Waals surface area contributed by atoms with Gasteiger partial charge in [-0.1, -0.05) is 18.2 Å². The van der Waals surface area contributed by atoms with Gasteiger partial charge in [0.25, 0.3) is 0 Å². The molecule has 0 aliphatic heterocycles. The number of aromatic nitrogens is 1. The van der Waals surface area contributed by atoms with Crippen LogP contribution in [0.15, 0.2) is 30.5 Å². The molecule has 1 aromatic carbocycles. The number of carbonyl (C=O) groups is 1. The summed E-state index contributed by atoms with van der Waals surface area (Å²) in [4.78, 5) is 15.7. The molecule has 2 unspecified atom stereocenters. The molecule has 1 saturated carbocycles. The van der Waals surface area contributed by atoms with Gasteiger partial charge < -0.3 is 14.9 Å². The maximum Gasteiger partial charge on any atom is 0.340 e. The van der Waals surface area contributed by atoms with Crippen molar-refractivity contribution in [3.63, 3.8) is 0 Å². The van der Waals surface area contributed by atoms with Crippen molar-refractivity contribution in [2.45, 2.75) is 31.5 Å². The molecule has 1 aromatic heterocycles. The third-order valence-electron chi connectivity index (χ3n) is 3.65. The molecule has 0 amide bonds. The molecule has 2 aromatic rings. The van der Waals surface area contributed by atoms with Gasteiger partial charge in [0.2, 0.25) is 0 Å². The molecular weight excluding hydrogens is 258 g/mol. The molecule has 1 heterocycles. The number of rotatable bonds is 3. The van der Waals surface area contributed by atoms with Crippen LogP contribution in [-0.4, -0.2) is 33.4 Å². The fraction of sp³-hybridized carbons (Fsp3) is 0.333. The second kappa shape index (κ2) is 5.09. The number of aliphatic hydroxyl groups is 1. The number of benzene rings is 1. The summed E-state index contributed by atoms with van der Waals surface area (Å²) in [6, 6.07) is 7.05. The largest absolute Gasteiger partial charge is 0.485 e. The molecule has 0 saturated heterocycles. The van der Waals surface area contributed by atoms with Gasteiger partial charge in [0.1, 0.15) is 11.7 Å². The van der Waals surface area contributed by atoms with E-state index in [2.05, 4.69) is 4.98 Å². The lowest BCUT2D eigenvalue weighted by Gasteiger charge is -2.18. The van der Waals surface area contributed by atoms with E-state index < -0.39 is 12.1 Å². The van der Waals surface area contributed by atoms with Gasteiger partial charge in [0.05, 0.1) is 17.8 Å². The number of aliphatic hydroxyl groups excluding tert-OH is 1. The Hall–Kier alpha value is -2.14. The fourth-order valence-electron chi connectivity index (χ4n) is 2.64. The maximum atomic E-state index is 11.5. The number of pyridine rings is 1. The summed E-state index contributed by atoms with van der Waals surface area (Å²) in [6.07, 6.45) is 2.84. The Bertz CT molecular complexity index is 655. The quantitative estimate of drug-likeness (QED) is 0.896. The highest BCUT2D eigenvalue weighted by Crippen LogP contribution is 2.30. The Labute approximate surface area is 115 Å². The number of aromatic carboxylic acids is 1. The molecule has 0 spiro atoms. The zero-order valence-electron chi connectivity index (χ0n) is 10.8. The summed E-state index contributed by atoms with van der Waals surface area (Å²) in [5.74, 6) is -0.826. The number of para-hydroxylation sites is 1. The molecule has 2 N–H and O–H groups in total. The maximum absolute atomic E-state index is 11.5. The SMILES string of the molecule is O=C(O)c1c(OC2CCCC2O)cnc2ccccc12. The second-order valence-corrected chi connectivity index (χ2v) is 4.97. The van der Waals surface area contributed by atoms with E-state index in [9.17, 15) is 15.0 Å². The number of hydrogen-bond donors (Lipinski definition) is 2. The van der Waals surface area contributed by atoms with Crippen molar-refractivity contribution in [1.29, 1.82) is 0 Å². The summed E-state index contributed by atoms with van der Waals surface area (Å²) in [5.41, 5.74) is 0.721. The third kappa shape index (κ3) is 2.20. The van der Waals surface area contributed by atoms with Gasteiger partial charge in [-0.25, -0.2) is 4.79 Å². The van der Waals surface area contributed by atoms with Crippen molar-refractivity contribution < 1.29 is 19.7 Å². The van der Waals surface area contributed by atoms with Crippen LogP contribution in [0.4, 0.5) is 0 Å². The van der Waals surface area contributed by atoms with E-state index >= 15 is 0 Å². The monoisotopic (exact) mass is 273 g/mol. The van der Waals surface area contributed by atoms with Crippen LogP contribution < -0.4 is 4.74 Å². The fourth-order valence-corrected chi connectivity index (χ4v) is 2.64. The van der Waals surface area contributed by atoms with E-state index in [-0.39, 0.29) is 17.4 Å². The smallest absolute Gasteiger partial charge is 0.340 e. The lowest BCUT2D eigenvalue weighted by Crippen LogP contribution is -2.26. The number of fused-ring (bicyclic) bond motifs is 1. The van der Waals surface area contributed by atoms with Gasteiger partial charge in [0.15, 0.2) is 5.75 Å². The average Bonchev–Trinajstić information content (AvgIpc) is 2.83. The van der Waals surface area contributed by atoms with Crippen LogP contribution in [0.25, 0.3) is 10.9 Å². The van der Waals surface area contributed by atoms with Crippen LogP contribution >= 0.6 is 0 Å². The van der Waals surface area contributed by atoms with Crippen LogP contribution in [0.5, 0.6) is 5.75 Å². The first kappa shape index (κ1) is 12.9. The molecule has 5 heteroatoms. The van der Waals surface area contributed by atoms with E-state index in [0.717, 1.165) is 12.8 Å². The van der Waals surface area contributed by atoms with E-state index in [4.69, 9.17) is 4.74 Å². The highest BCUT2D eigenvalue weighted by atomic mass is 16.5. The number of carboxylic acids is 1. The summed E-state index contributed by atoms with van der Waals surface area (Å²) < 4.78 is 5.69. The van der Waals surface area contributed by atoms with Crippen LogP contribution in [0.3, 0.4) is 0 Å². The highest BCUT2D eigenvalue weighted by molar-refractivity contribution is 6.04. The number of ether oxygens (including phenoxy) is 1. The topological polar surface area (TPSA) is 79.7 Å². The molecule has 3 rings (SSSR count). The molecule has 1 fully saturated rings. The Morgan fingerprint density at radius 2 is 2.10 bits per heavy atom. The summed E-state index contributed by atoms with van der Waals surface area (Å²) in [6.45, 7) is 0. The first-order valence-electron chi connectivity index (χ1n) is 6.62. The second-order valence-electron chi connectivity index (χ2n) is 4.97. The van der Waals surface area contributed by atoms with Gasteiger partial charge in [-0.2, -0.15) is 0 Å². The van der Waals surface area contributed by atoms with E-state index in [1.807, 2.05) is 6.07 Å². The van der Waals surface area contributed by atoms with Crippen LogP contribution in [0.1, 0.15) is 29.6 Å². The minimum Gasteiger partial charge on any atom is -0.485 e. The van der Waals surface area contributed by atoms with Gasteiger partial charge in [-0.05, 0) is 25.3 Å². The Morgan fingerprint density at radius 3 is 2.80 bits per heavy atom. The minimum atomic E-state index is -1.05. The lowest BCUT2D eigenvalue weighted by atomic mass is 10.1. The minimum absolute atomic E-state index is 0.106. The third-order valence-corrected chi connectivity index (χ3v) is 3.65.